The molecule has 1 unspecified atom stereocenters. The van der Waals surface area contributed by atoms with E-state index in [0.717, 1.165) is 5.56 Å². The standard InChI is InChI=1S/C9H8N2O2/c10-4-7(11)6-1-2-8-9(3-6)13-5-12-8/h1-3,7H,5,11H2. The zero-order valence-electron chi connectivity index (χ0n) is 6.86. The van der Waals surface area contributed by atoms with E-state index in [4.69, 9.17) is 20.5 Å². The third kappa shape index (κ3) is 1.30. The van der Waals surface area contributed by atoms with Crippen molar-refractivity contribution in [2.75, 3.05) is 6.79 Å². The minimum absolute atomic E-state index is 0.237. The van der Waals surface area contributed by atoms with E-state index >= 15 is 0 Å². The van der Waals surface area contributed by atoms with Gasteiger partial charge in [0.15, 0.2) is 11.5 Å². The Balaban J connectivity index is 2.37. The number of nitriles is 1. The molecule has 1 aliphatic heterocycles. The van der Waals surface area contributed by atoms with Crippen LogP contribution in [0.5, 0.6) is 11.5 Å². The molecule has 1 aromatic carbocycles. The van der Waals surface area contributed by atoms with Crippen LogP contribution < -0.4 is 15.2 Å². The van der Waals surface area contributed by atoms with Crippen molar-refractivity contribution in [2.24, 2.45) is 5.73 Å². The third-order valence-electron chi connectivity index (χ3n) is 1.89. The van der Waals surface area contributed by atoms with Crippen LogP contribution in [-0.4, -0.2) is 6.79 Å². The summed E-state index contributed by atoms with van der Waals surface area (Å²) in [6, 6.07) is 6.61. The van der Waals surface area contributed by atoms with Crippen molar-refractivity contribution in [1.29, 1.82) is 5.26 Å². The lowest BCUT2D eigenvalue weighted by atomic mass is 10.1. The minimum atomic E-state index is -0.602. The maximum Gasteiger partial charge on any atom is 0.231 e. The number of rotatable bonds is 1. The number of ether oxygens (including phenoxy) is 2. The van der Waals surface area contributed by atoms with Crippen LogP contribution in [0.2, 0.25) is 0 Å². The normalized spacial score (nSPS) is 15.1. The van der Waals surface area contributed by atoms with Gasteiger partial charge in [-0.3, -0.25) is 0 Å². The van der Waals surface area contributed by atoms with Gasteiger partial charge >= 0.3 is 0 Å². The maximum absolute atomic E-state index is 8.59. The van der Waals surface area contributed by atoms with Crippen LogP contribution in [0, 0.1) is 11.3 Å². The molecule has 0 spiro atoms. The molecule has 0 fully saturated rings. The van der Waals surface area contributed by atoms with Crippen molar-refractivity contribution < 1.29 is 9.47 Å². The molecule has 0 aromatic heterocycles. The Hall–Kier alpha value is -1.73. The zero-order chi connectivity index (χ0) is 9.26. The summed E-state index contributed by atoms with van der Waals surface area (Å²) in [6.45, 7) is 0.237. The first-order chi connectivity index (χ1) is 6.31. The molecule has 2 rings (SSSR count). The van der Waals surface area contributed by atoms with Gasteiger partial charge in [0.1, 0.15) is 6.04 Å². The van der Waals surface area contributed by atoms with Gasteiger partial charge in [0, 0.05) is 0 Å². The molecule has 2 N–H and O–H groups in total. The van der Waals surface area contributed by atoms with E-state index in [0.29, 0.717) is 11.5 Å². The Labute approximate surface area is 75.5 Å². The molecule has 0 bridgehead atoms. The summed E-state index contributed by atoms with van der Waals surface area (Å²) >= 11 is 0. The van der Waals surface area contributed by atoms with E-state index in [1.165, 1.54) is 0 Å². The summed E-state index contributed by atoms with van der Waals surface area (Å²) in [7, 11) is 0. The highest BCUT2D eigenvalue weighted by Gasteiger charge is 2.15. The van der Waals surface area contributed by atoms with Crippen molar-refractivity contribution in [3.63, 3.8) is 0 Å². The Morgan fingerprint density at radius 3 is 2.92 bits per heavy atom. The molecule has 0 saturated carbocycles. The first-order valence-corrected chi connectivity index (χ1v) is 3.86. The van der Waals surface area contributed by atoms with E-state index in [2.05, 4.69) is 0 Å². The van der Waals surface area contributed by atoms with Gasteiger partial charge in [0.05, 0.1) is 6.07 Å². The summed E-state index contributed by atoms with van der Waals surface area (Å²) in [5.41, 5.74) is 6.27. The second kappa shape index (κ2) is 2.96. The first-order valence-electron chi connectivity index (χ1n) is 3.86. The van der Waals surface area contributed by atoms with Gasteiger partial charge in [-0.2, -0.15) is 5.26 Å². The maximum atomic E-state index is 8.59. The smallest absolute Gasteiger partial charge is 0.231 e. The molecule has 13 heavy (non-hydrogen) atoms. The van der Waals surface area contributed by atoms with Gasteiger partial charge < -0.3 is 15.2 Å². The summed E-state index contributed by atoms with van der Waals surface area (Å²) in [4.78, 5) is 0. The number of benzene rings is 1. The van der Waals surface area contributed by atoms with Gasteiger partial charge in [-0.1, -0.05) is 6.07 Å². The number of nitrogens with zero attached hydrogens (tertiary/aromatic N) is 1. The lowest BCUT2D eigenvalue weighted by Gasteiger charge is -2.03. The van der Waals surface area contributed by atoms with Crippen LogP contribution in [0.15, 0.2) is 18.2 Å². The molecule has 1 aliphatic rings. The van der Waals surface area contributed by atoms with E-state index in [-0.39, 0.29) is 6.79 Å². The molecule has 1 heterocycles. The van der Waals surface area contributed by atoms with Crippen molar-refractivity contribution >= 4 is 0 Å². The van der Waals surface area contributed by atoms with Gasteiger partial charge in [-0.15, -0.1) is 0 Å². The molecule has 1 aromatic rings. The van der Waals surface area contributed by atoms with Gasteiger partial charge in [0.25, 0.3) is 0 Å². The fraction of sp³-hybridized carbons (Fsp3) is 0.222. The van der Waals surface area contributed by atoms with Crippen LogP contribution in [0.4, 0.5) is 0 Å². The van der Waals surface area contributed by atoms with Gasteiger partial charge in [-0.05, 0) is 17.7 Å². The zero-order valence-corrected chi connectivity index (χ0v) is 6.86. The second-order valence-electron chi connectivity index (χ2n) is 2.72. The molecule has 66 valence electrons. The van der Waals surface area contributed by atoms with E-state index < -0.39 is 6.04 Å². The summed E-state index contributed by atoms with van der Waals surface area (Å²) in [5, 5.41) is 8.59. The predicted octanol–water partition coefficient (Wildman–Crippen LogP) is 0.939. The van der Waals surface area contributed by atoms with Crippen molar-refractivity contribution in [3.05, 3.63) is 23.8 Å². The lowest BCUT2D eigenvalue weighted by Crippen LogP contribution is -2.06. The summed E-state index contributed by atoms with van der Waals surface area (Å²) in [5.74, 6) is 1.36. The number of hydrogen-bond donors (Lipinski definition) is 1. The van der Waals surface area contributed by atoms with Crippen molar-refractivity contribution in [1.82, 2.24) is 0 Å². The SMILES string of the molecule is N#CC(N)c1ccc2c(c1)OCO2. The fourth-order valence-corrected chi connectivity index (χ4v) is 1.18. The van der Waals surface area contributed by atoms with Crippen LogP contribution in [0.1, 0.15) is 11.6 Å². The molecular weight excluding hydrogens is 168 g/mol. The third-order valence-corrected chi connectivity index (χ3v) is 1.89. The quantitative estimate of drug-likeness (QED) is 0.691. The van der Waals surface area contributed by atoms with E-state index in [1.54, 1.807) is 18.2 Å². The van der Waals surface area contributed by atoms with Crippen LogP contribution in [-0.2, 0) is 0 Å². The van der Waals surface area contributed by atoms with Crippen molar-refractivity contribution in [3.8, 4) is 17.6 Å². The summed E-state index contributed by atoms with van der Waals surface area (Å²) in [6.07, 6.45) is 0. The Morgan fingerprint density at radius 2 is 2.15 bits per heavy atom. The average Bonchev–Trinajstić information content (AvgIpc) is 2.63. The highest BCUT2D eigenvalue weighted by molar-refractivity contribution is 5.46. The molecule has 4 nitrogen and oxygen atoms in total. The molecule has 0 radical (unpaired) electrons. The van der Waals surface area contributed by atoms with Crippen LogP contribution >= 0.6 is 0 Å². The first kappa shape index (κ1) is 7.90. The molecule has 0 aliphatic carbocycles. The van der Waals surface area contributed by atoms with Gasteiger partial charge in [-0.25, -0.2) is 0 Å². The Morgan fingerprint density at radius 1 is 1.38 bits per heavy atom. The molecule has 1 atom stereocenters. The largest absolute Gasteiger partial charge is 0.454 e. The molecule has 0 saturated heterocycles. The second-order valence-corrected chi connectivity index (χ2v) is 2.72. The number of hydrogen-bond acceptors (Lipinski definition) is 4. The fourth-order valence-electron chi connectivity index (χ4n) is 1.18. The predicted molar refractivity (Wildman–Crippen MR) is 45.1 cm³/mol. The molecule has 4 heteroatoms. The monoisotopic (exact) mass is 176 g/mol. The Kier molecular flexibility index (Phi) is 1.80. The highest BCUT2D eigenvalue weighted by atomic mass is 16.7. The van der Waals surface area contributed by atoms with Crippen LogP contribution in [0.25, 0.3) is 0 Å². The number of fused-ring (bicyclic) bond motifs is 1. The highest BCUT2D eigenvalue weighted by Crippen LogP contribution is 2.33. The molecular formula is C9H8N2O2. The van der Waals surface area contributed by atoms with Crippen molar-refractivity contribution in [2.45, 2.75) is 6.04 Å². The van der Waals surface area contributed by atoms with Gasteiger partial charge in [0.2, 0.25) is 6.79 Å². The Bertz CT molecular complexity index is 370. The lowest BCUT2D eigenvalue weighted by molar-refractivity contribution is 0.174. The summed E-state index contributed by atoms with van der Waals surface area (Å²) < 4.78 is 10.3. The molecule has 0 amide bonds. The van der Waals surface area contributed by atoms with E-state index in [1.807, 2.05) is 6.07 Å². The topological polar surface area (TPSA) is 68.3 Å². The average molecular weight is 176 g/mol. The number of nitrogens with two attached hydrogens (primary N) is 1. The minimum Gasteiger partial charge on any atom is -0.454 e. The van der Waals surface area contributed by atoms with Crippen LogP contribution in [0.3, 0.4) is 0 Å². The van der Waals surface area contributed by atoms with E-state index in [9.17, 15) is 0 Å².